The van der Waals surface area contributed by atoms with Crippen LogP contribution in [-0.4, -0.2) is 43.5 Å². The van der Waals surface area contributed by atoms with Gasteiger partial charge in [-0.05, 0) is 55.9 Å². The summed E-state index contributed by atoms with van der Waals surface area (Å²) in [4.78, 5) is 26.2. The van der Waals surface area contributed by atoms with Gasteiger partial charge in [-0.2, -0.15) is 0 Å². The van der Waals surface area contributed by atoms with E-state index in [1.807, 2.05) is 24.3 Å². The molecule has 1 atom stereocenters. The lowest BCUT2D eigenvalue weighted by Crippen LogP contribution is -2.45. The molecule has 2 N–H and O–H groups in total. The van der Waals surface area contributed by atoms with Gasteiger partial charge in [-0.3, -0.25) is 14.5 Å². The Kier molecular flexibility index (Phi) is 7.64. The maximum absolute atomic E-state index is 12.3. The van der Waals surface area contributed by atoms with Crippen molar-refractivity contribution in [1.29, 1.82) is 0 Å². The van der Waals surface area contributed by atoms with Gasteiger partial charge in [-0.1, -0.05) is 23.7 Å². The molecule has 2 rings (SSSR count). The van der Waals surface area contributed by atoms with Gasteiger partial charge >= 0.3 is 0 Å². The lowest BCUT2D eigenvalue weighted by atomic mass is 10.2. The van der Waals surface area contributed by atoms with Crippen LogP contribution < -0.4 is 15.4 Å². The monoisotopic (exact) mass is 389 g/mol. The molecular formula is C20H24ClN3O3. The standard InChI is InChI=1S/C20H24ClN3O3/c1-14(20(26)22-12-15-4-10-18(27-3)11-5-15)24(2)13-19(25)23-17-8-6-16(21)7-9-17/h4-11,14H,12-13H2,1-3H3,(H,22,26)(H,23,25)/t14-/m0/s1. The number of nitrogens with zero attached hydrogens (tertiary/aromatic N) is 1. The van der Waals surface area contributed by atoms with Gasteiger partial charge in [0.25, 0.3) is 0 Å². The number of benzene rings is 2. The lowest BCUT2D eigenvalue weighted by molar-refractivity contribution is -0.126. The predicted octanol–water partition coefficient (Wildman–Crippen LogP) is 2.92. The predicted molar refractivity (Wildman–Crippen MR) is 107 cm³/mol. The van der Waals surface area contributed by atoms with Crippen LogP contribution >= 0.6 is 11.6 Å². The van der Waals surface area contributed by atoms with Crippen LogP contribution in [0.1, 0.15) is 12.5 Å². The molecule has 0 radical (unpaired) electrons. The zero-order valence-electron chi connectivity index (χ0n) is 15.7. The van der Waals surface area contributed by atoms with Gasteiger partial charge in [-0.15, -0.1) is 0 Å². The second kappa shape index (κ2) is 9.94. The van der Waals surface area contributed by atoms with Crippen LogP contribution in [0.3, 0.4) is 0 Å². The van der Waals surface area contributed by atoms with Crippen molar-refractivity contribution >= 4 is 29.1 Å². The summed E-state index contributed by atoms with van der Waals surface area (Å²) in [6, 6.07) is 13.9. The van der Waals surface area contributed by atoms with E-state index in [9.17, 15) is 9.59 Å². The molecule has 0 aliphatic rings. The second-order valence-electron chi connectivity index (χ2n) is 6.21. The number of likely N-dealkylation sites (N-methyl/N-ethyl adjacent to an activating group) is 1. The van der Waals surface area contributed by atoms with Crippen molar-refractivity contribution in [2.45, 2.75) is 19.5 Å². The van der Waals surface area contributed by atoms with E-state index in [1.165, 1.54) is 0 Å². The van der Waals surface area contributed by atoms with Gasteiger partial charge in [-0.25, -0.2) is 0 Å². The molecule has 2 aromatic carbocycles. The van der Waals surface area contributed by atoms with E-state index in [2.05, 4.69) is 10.6 Å². The topological polar surface area (TPSA) is 70.7 Å². The Morgan fingerprint density at radius 2 is 1.74 bits per heavy atom. The van der Waals surface area contributed by atoms with Gasteiger partial charge in [0, 0.05) is 17.3 Å². The van der Waals surface area contributed by atoms with Crippen LogP contribution in [0, 0.1) is 0 Å². The van der Waals surface area contributed by atoms with Crippen molar-refractivity contribution in [2.24, 2.45) is 0 Å². The largest absolute Gasteiger partial charge is 0.497 e. The Morgan fingerprint density at radius 3 is 2.33 bits per heavy atom. The first-order valence-corrected chi connectivity index (χ1v) is 8.93. The summed E-state index contributed by atoms with van der Waals surface area (Å²) in [5, 5.41) is 6.26. The first-order chi connectivity index (χ1) is 12.9. The summed E-state index contributed by atoms with van der Waals surface area (Å²) in [6.45, 7) is 2.27. The highest BCUT2D eigenvalue weighted by Gasteiger charge is 2.20. The summed E-state index contributed by atoms with van der Waals surface area (Å²) in [6.07, 6.45) is 0. The van der Waals surface area contributed by atoms with E-state index in [0.29, 0.717) is 17.3 Å². The minimum atomic E-state index is -0.445. The molecule has 0 fully saturated rings. The minimum Gasteiger partial charge on any atom is -0.497 e. The molecule has 0 saturated heterocycles. The molecule has 0 unspecified atom stereocenters. The second-order valence-corrected chi connectivity index (χ2v) is 6.65. The minimum absolute atomic E-state index is 0.0970. The molecule has 0 saturated carbocycles. The van der Waals surface area contributed by atoms with E-state index >= 15 is 0 Å². The molecule has 27 heavy (non-hydrogen) atoms. The first-order valence-electron chi connectivity index (χ1n) is 8.55. The third kappa shape index (κ3) is 6.58. The van der Waals surface area contributed by atoms with E-state index in [0.717, 1.165) is 11.3 Å². The fourth-order valence-corrected chi connectivity index (χ4v) is 2.50. The molecule has 0 heterocycles. The van der Waals surface area contributed by atoms with Crippen molar-refractivity contribution in [1.82, 2.24) is 10.2 Å². The lowest BCUT2D eigenvalue weighted by Gasteiger charge is -2.23. The quantitative estimate of drug-likeness (QED) is 0.728. The van der Waals surface area contributed by atoms with Crippen LogP contribution in [0.2, 0.25) is 5.02 Å². The van der Waals surface area contributed by atoms with E-state index in [-0.39, 0.29) is 18.4 Å². The molecule has 0 bridgehead atoms. The Hall–Kier alpha value is -2.57. The van der Waals surface area contributed by atoms with Crippen LogP contribution in [0.4, 0.5) is 5.69 Å². The molecule has 2 aromatic rings. The van der Waals surface area contributed by atoms with E-state index in [4.69, 9.17) is 16.3 Å². The maximum atomic E-state index is 12.3. The molecule has 0 spiro atoms. The first kappa shape index (κ1) is 20.7. The SMILES string of the molecule is COc1ccc(CNC(=O)[C@H](C)N(C)CC(=O)Nc2ccc(Cl)cc2)cc1. The number of hydrogen-bond donors (Lipinski definition) is 2. The molecule has 144 valence electrons. The molecule has 0 aliphatic heterocycles. The third-order valence-electron chi connectivity index (χ3n) is 4.19. The van der Waals surface area contributed by atoms with Crippen LogP contribution in [0.5, 0.6) is 5.75 Å². The summed E-state index contributed by atoms with van der Waals surface area (Å²) in [7, 11) is 3.34. The molecular weight excluding hydrogens is 366 g/mol. The fraction of sp³-hybridized carbons (Fsp3) is 0.300. The van der Waals surface area contributed by atoms with Crippen LogP contribution in [0.15, 0.2) is 48.5 Å². The van der Waals surface area contributed by atoms with Crippen LogP contribution in [0.25, 0.3) is 0 Å². The van der Waals surface area contributed by atoms with Gasteiger partial charge in [0.05, 0.1) is 19.7 Å². The summed E-state index contributed by atoms with van der Waals surface area (Å²) in [5.41, 5.74) is 1.63. The van der Waals surface area contributed by atoms with Crippen molar-refractivity contribution in [3.05, 3.63) is 59.1 Å². The van der Waals surface area contributed by atoms with Crippen LogP contribution in [-0.2, 0) is 16.1 Å². The van der Waals surface area contributed by atoms with Crippen molar-refractivity contribution < 1.29 is 14.3 Å². The Labute approximate surface area is 164 Å². The Bertz CT molecular complexity index is 763. The van der Waals surface area contributed by atoms with Gasteiger partial charge in [0.1, 0.15) is 5.75 Å². The number of rotatable bonds is 8. The molecule has 0 aliphatic carbocycles. The average Bonchev–Trinajstić information content (AvgIpc) is 2.67. The highest BCUT2D eigenvalue weighted by Crippen LogP contribution is 2.13. The fourth-order valence-electron chi connectivity index (χ4n) is 2.38. The number of carbonyl (C=O) groups is 2. The van der Waals surface area contributed by atoms with E-state index < -0.39 is 6.04 Å². The normalized spacial score (nSPS) is 11.7. The summed E-state index contributed by atoms with van der Waals surface area (Å²) in [5.74, 6) is 0.423. The number of nitrogens with one attached hydrogen (secondary N) is 2. The Balaban J connectivity index is 1.80. The highest BCUT2D eigenvalue weighted by molar-refractivity contribution is 6.30. The smallest absolute Gasteiger partial charge is 0.238 e. The van der Waals surface area contributed by atoms with Gasteiger partial charge < -0.3 is 15.4 Å². The summed E-state index contributed by atoms with van der Waals surface area (Å²) < 4.78 is 5.11. The number of carbonyl (C=O) groups excluding carboxylic acids is 2. The molecule has 2 amide bonds. The molecule has 6 nitrogen and oxygen atoms in total. The average molecular weight is 390 g/mol. The third-order valence-corrected chi connectivity index (χ3v) is 4.44. The number of anilines is 1. The van der Waals surface area contributed by atoms with E-state index in [1.54, 1.807) is 50.2 Å². The number of halogens is 1. The maximum Gasteiger partial charge on any atom is 0.238 e. The zero-order valence-corrected chi connectivity index (χ0v) is 16.4. The molecule has 0 aromatic heterocycles. The molecule has 7 heteroatoms. The van der Waals surface area contributed by atoms with Gasteiger partial charge in [0.2, 0.25) is 11.8 Å². The van der Waals surface area contributed by atoms with Crippen molar-refractivity contribution in [2.75, 3.05) is 26.0 Å². The Morgan fingerprint density at radius 1 is 1.11 bits per heavy atom. The van der Waals surface area contributed by atoms with Crippen molar-refractivity contribution in [3.8, 4) is 5.75 Å². The van der Waals surface area contributed by atoms with Gasteiger partial charge in [0.15, 0.2) is 0 Å². The van der Waals surface area contributed by atoms with Crippen molar-refractivity contribution in [3.63, 3.8) is 0 Å². The highest BCUT2D eigenvalue weighted by atomic mass is 35.5. The number of hydrogen-bond acceptors (Lipinski definition) is 4. The summed E-state index contributed by atoms with van der Waals surface area (Å²) >= 11 is 5.83. The number of amides is 2. The number of methoxy groups -OCH3 is 1. The number of ether oxygens (including phenoxy) is 1. The zero-order chi connectivity index (χ0) is 19.8.